The molecule has 1 saturated heterocycles. The molecule has 0 bridgehead atoms. The number of nitrogens with zero attached hydrogens (tertiary/aromatic N) is 2. The average molecular weight is 333 g/mol. The maximum absolute atomic E-state index is 6.90. The van der Waals surface area contributed by atoms with Gasteiger partial charge in [-0.1, -0.05) is 6.92 Å². The molecule has 2 heterocycles. The van der Waals surface area contributed by atoms with Gasteiger partial charge in [-0.2, -0.15) is 4.98 Å². The first kappa shape index (κ1) is 16.2. The summed E-state index contributed by atoms with van der Waals surface area (Å²) in [5, 5.41) is 0. The fraction of sp³-hybridized carbons (Fsp3) is 0.778. The molecule has 0 radical (unpaired) electrons. The van der Waals surface area contributed by atoms with Crippen molar-refractivity contribution >= 4 is 0 Å². The normalized spacial score (nSPS) is 37.1. The predicted octanol–water partition coefficient (Wildman–Crippen LogP) is 1.87. The summed E-state index contributed by atoms with van der Waals surface area (Å²) in [5.41, 5.74) is 8.48. The summed E-state index contributed by atoms with van der Waals surface area (Å²) in [5.74, 6) is 1.05. The van der Waals surface area contributed by atoms with E-state index in [-0.39, 0.29) is 11.3 Å². The van der Waals surface area contributed by atoms with Gasteiger partial charge in [0.2, 0.25) is 5.88 Å². The number of aryl methyl sites for hydroxylation is 1. The predicted molar refractivity (Wildman–Crippen MR) is 88.9 cm³/mol. The summed E-state index contributed by atoms with van der Waals surface area (Å²) in [6.07, 6.45) is 3.57. The van der Waals surface area contributed by atoms with Gasteiger partial charge >= 0.3 is 0 Å². The van der Waals surface area contributed by atoms with Crippen molar-refractivity contribution in [2.24, 2.45) is 11.7 Å². The van der Waals surface area contributed by atoms with Crippen LogP contribution in [0.1, 0.15) is 50.2 Å². The lowest BCUT2D eigenvalue weighted by Gasteiger charge is -2.59. The molecule has 1 unspecified atom stereocenters. The molecular weight excluding hydrogens is 306 g/mol. The zero-order valence-corrected chi connectivity index (χ0v) is 15.0. The van der Waals surface area contributed by atoms with Crippen LogP contribution in [0.4, 0.5) is 0 Å². The summed E-state index contributed by atoms with van der Waals surface area (Å²) in [4.78, 5) is 9.30. The molecule has 0 amide bonds. The summed E-state index contributed by atoms with van der Waals surface area (Å²) >= 11 is 0. The fourth-order valence-electron chi connectivity index (χ4n) is 5.33. The molecular formula is C18H27N3O3. The molecule has 132 valence electrons. The Morgan fingerprint density at radius 2 is 1.88 bits per heavy atom. The molecule has 1 aromatic rings. The highest BCUT2D eigenvalue weighted by molar-refractivity contribution is 5.41. The molecule has 2 N–H and O–H groups in total. The van der Waals surface area contributed by atoms with Gasteiger partial charge in [-0.3, -0.25) is 0 Å². The van der Waals surface area contributed by atoms with Crippen molar-refractivity contribution in [1.29, 1.82) is 0 Å². The number of ether oxygens (including phenoxy) is 3. The van der Waals surface area contributed by atoms with Gasteiger partial charge in [-0.25, -0.2) is 4.98 Å². The third kappa shape index (κ3) is 1.93. The van der Waals surface area contributed by atoms with E-state index in [1.54, 1.807) is 7.11 Å². The van der Waals surface area contributed by atoms with Crippen molar-refractivity contribution in [3.63, 3.8) is 0 Å². The number of hydrogen-bond acceptors (Lipinski definition) is 6. The van der Waals surface area contributed by atoms with Crippen LogP contribution in [-0.4, -0.2) is 41.6 Å². The highest BCUT2D eigenvalue weighted by atomic mass is 16.7. The highest BCUT2D eigenvalue weighted by Gasteiger charge is 2.64. The summed E-state index contributed by atoms with van der Waals surface area (Å²) in [6.45, 7) is 7.56. The Balaban J connectivity index is 1.83. The highest BCUT2D eigenvalue weighted by Crippen LogP contribution is 2.58. The zero-order valence-electron chi connectivity index (χ0n) is 15.0. The van der Waals surface area contributed by atoms with E-state index in [4.69, 9.17) is 24.9 Å². The standard InChI is InChI=1S/C18H27N3O3/c1-11-20-14-12(15(21-11)22-4)5-6-13-16(14,2)7-8-18(17(13,3)19)23-9-10-24-18/h13H,5-10,19H2,1-4H3/t13-,16+,17?/m1/s1. The van der Waals surface area contributed by atoms with Crippen molar-refractivity contribution in [3.8, 4) is 5.88 Å². The topological polar surface area (TPSA) is 79.5 Å². The van der Waals surface area contributed by atoms with Gasteiger partial charge in [0.05, 0.1) is 31.6 Å². The quantitative estimate of drug-likeness (QED) is 0.845. The van der Waals surface area contributed by atoms with E-state index >= 15 is 0 Å². The second-order valence-corrected chi connectivity index (χ2v) is 7.85. The molecule has 3 atom stereocenters. The van der Waals surface area contributed by atoms with Crippen LogP contribution in [0.3, 0.4) is 0 Å². The van der Waals surface area contributed by atoms with Crippen LogP contribution >= 0.6 is 0 Å². The molecule has 1 aromatic heterocycles. The molecule has 6 heteroatoms. The minimum absolute atomic E-state index is 0.112. The first-order valence-electron chi connectivity index (χ1n) is 8.83. The van der Waals surface area contributed by atoms with Crippen molar-refractivity contribution < 1.29 is 14.2 Å². The van der Waals surface area contributed by atoms with Gasteiger partial charge in [0.15, 0.2) is 5.79 Å². The molecule has 24 heavy (non-hydrogen) atoms. The maximum Gasteiger partial charge on any atom is 0.219 e. The molecule has 0 aromatic carbocycles. The van der Waals surface area contributed by atoms with Crippen LogP contribution in [-0.2, 0) is 21.3 Å². The van der Waals surface area contributed by atoms with E-state index in [2.05, 4.69) is 18.8 Å². The van der Waals surface area contributed by atoms with Crippen LogP contribution in [0.25, 0.3) is 0 Å². The lowest BCUT2D eigenvalue weighted by molar-refractivity contribution is -0.245. The number of nitrogens with two attached hydrogens (primary N) is 1. The van der Waals surface area contributed by atoms with Crippen LogP contribution in [0.5, 0.6) is 5.88 Å². The summed E-state index contributed by atoms with van der Waals surface area (Å²) in [7, 11) is 1.68. The first-order chi connectivity index (χ1) is 11.3. The number of hydrogen-bond donors (Lipinski definition) is 1. The third-order valence-corrected chi connectivity index (χ3v) is 6.54. The average Bonchev–Trinajstić information content (AvgIpc) is 3.02. The van der Waals surface area contributed by atoms with Crippen molar-refractivity contribution in [2.75, 3.05) is 20.3 Å². The molecule has 1 aliphatic heterocycles. The van der Waals surface area contributed by atoms with Crippen LogP contribution in [0.15, 0.2) is 0 Å². The molecule has 1 spiro atoms. The van der Waals surface area contributed by atoms with E-state index in [0.717, 1.165) is 42.8 Å². The van der Waals surface area contributed by atoms with Crippen LogP contribution < -0.4 is 10.5 Å². The lowest BCUT2D eigenvalue weighted by atomic mass is 9.52. The van der Waals surface area contributed by atoms with Crippen molar-refractivity contribution in [1.82, 2.24) is 9.97 Å². The minimum Gasteiger partial charge on any atom is -0.481 e. The number of methoxy groups -OCH3 is 1. The van der Waals surface area contributed by atoms with Gasteiger partial charge in [0.25, 0.3) is 0 Å². The Morgan fingerprint density at radius 3 is 2.54 bits per heavy atom. The van der Waals surface area contributed by atoms with E-state index in [9.17, 15) is 0 Å². The largest absolute Gasteiger partial charge is 0.481 e. The second-order valence-electron chi connectivity index (χ2n) is 7.85. The Hall–Kier alpha value is -1.24. The van der Waals surface area contributed by atoms with Crippen LogP contribution in [0, 0.1) is 12.8 Å². The van der Waals surface area contributed by atoms with E-state index in [1.165, 1.54) is 0 Å². The molecule has 1 saturated carbocycles. The Labute approximate surface area is 143 Å². The number of rotatable bonds is 1. The Bertz CT molecular complexity index is 670. The van der Waals surface area contributed by atoms with E-state index in [0.29, 0.717) is 19.1 Å². The number of fused-ring (bicyclic) bond motifs is 3. The van der Waals surface area contributed by atoms with Crippen molar-refractivity contribution in [2.45, 2.75) is 63.2 Å². The van der Waals surface area contributed by atoms with Gasteiger partial charge in [-0.15, -0.1) is 0 Å². The lowest BCUT2D eigenvalue weighted by Crippen LogP contribution is -2.71. The van der Waals surface area contributed by atoms with Gasteiger partial charge in [-0.05, 0) is 39.0 Å². The third-order valence-electron chi connectivity index (χ3n) is 6.54. The van der Waals surface area contributed by atoms with E-state index in [1.807, 2.05) is 6.92 Å². The minimum atomic E-state index is -0.652. The zero-order chi connectivity index (χ0) is 17.2. The molecule has 6 nitrogen and oxygen atoms in total. The van der Waals surface area contributed by atoms with Gasteiger partial charge < -0.3 is 19.9 Å². The molecule has 4 rings (SSSR count). The molecule has 2 fully saturated rings. The fourth-order valence-corrected chi connectivity index (χ4v) is 5.33. The van der Waals surface area contributed by atoms with Gasteiger partial charge in [0, 0.05) is 17.4 Å². The van der Waals surface area contributed by atoms with E-state index < -0.39 is 11.3 Å². The monoisotopic (exact) mass is 333 g/mol. The SMILES string of the molecule is COc1nc(C)nc2c1CC[C@H]1C(C)(N)C3(CC[C@]21C)OCCO3. The van der Waals surface area contributed by atoms with Gasteiger partial charge in [0.1, 0.15) is 5.82 Å². The molecule has 3 aliphatic rings. The summed E-state index contributed by atoms with van der Waals surface area (Å²) < 4.78 is 17.6. The summed E-state index contributed by atoms with van der Waals surface area (Å²) in [6, 6.07) is 0. The van der Waals surface area contributed by atoms with Crippen molar-refractivity contribution in [3.05, 3.63) is 17.1 Å². The van der Waals surface area contributed by atoms with Crippen LogP contribution in [0.2, 0.25) is 0 Å². The second kappa shape index (κ2) is 5.13. The first-order valence-corrected chi connectivity index (χ1v) is 8.83. The molecule has 2 aliphatic carbocycles. The Kier molecular flexibility index (Phi) is 3.47. The Morgan fingerprint density at radius 1 is 1.17 bits per heavy atom. The smallest absolute Gasteiger partial charge is 0.219 e. The number of aromatic nitrogens is 2. The maximum atomic E-state index is 6.90.